The van der Waals surface area contributed by atoms with E-state index in [4.69, 9.17) is 5.73 Å². The Morgan fingerprint density at radius 1 is 1.37 bits per heavy atom. The molecule has 4 N–H and O–H groups in total. The highest BCUT2D eigenvalue weighted by atomic mass is 19.1. The van der Waals surface area contributed by atoms with Gasteiger partial charge in [0.15, 0.2) is 0 Å². The van der Waals surface area contributed by atoms with Crippen LogP contribution in [0.4, 0.5) is 15.8 Å². The van der Waals surface area contributed by atoms with E-state index < -0.39 is 0 Å². The van der Waals surface area contributed by atoms with E-state index in [9.17, 15) is 14.4 Å². The number of hydrogen-bond donors (Lipinski definition) is 3. The van der Waals surface area contributed by atoms with Gasteiger partial charge in [0.05, 0.1) is 12.2 Å². The van der Waals surface area contributed by atoms with Crippen LogP contribution in [-0.4, -0.2) is 48.9 Å². The van der Waals surface area contributed by atoms with Gasteiger partial charge in [-0.15, -0.1) is 0 Å². The number of nitrogens with one attached hydrogen (secondary N) is 1. The summed E-state index contributed by atoms with van der Waals surface area (Å²) in [5.41, 5.74) is 6.15. The molecular formula is C12H17FN4O2. The van der Waals surface area contributed by atoms with Crippen LogP contribution in [0.3, 0.4) is 0 Å². The number of nitrogens with two attached hydrogens (primary N) is 1. The molecule has 1 heterocycles. The fourth-order valence-electron chi connectivity index (χ4n) is 1.98. The van der Waals surface area contributed by atoms with Crippen molar-refractivity contribution in [3.8, 4) is 0 Å². The summed E-state index contributed by atoms with van der Waals surface area (Å²) in [6.07, 6.45) is 0. The summed E-state index contributed by atoms with van der Waals surface area (Å²) in [4.78, 5) is 13.0. The number of hydroxylamine groups is 2. The van der Waals surface area contributed by atoms with E-state index >= 15 is 0 Å². The molecule has 6 nitrogen and oxygen atoms in total. The van der Waals surface area contributed by atoms with E-state index in [0.29, 0.717) is 37.6 Å². The molecule has 0 unspecified atom stereocenters. The van der Waals surface area contributed by atoms with Gasteiger partial charge in [0.25, 0.3) is 0 Å². The second-order valence-corrected chi connectivity index (χ2v) is 4.36. The minimum Gasteiger partial charge on any atom is -0.366 e. The van der Waals surface area contributed by atoms with Gasteiger partial charge in [0, 0.05) is 31.9 Å². The smallest absolute Gasteiger partial charge is 0.238 e. The number of carbonyl (C=O) groups excluding carboxylic acids is 1. The normalized spacial score (nSPS) is 16.5. The first-order chi connectivity index (χ1) is 9.10. The van der Waals surface area contributed by atoms with Gasteiger partial charge in [0.2, 0.25) is 5.91 Å². The minimum absolute atomic E-state index is 0.115. The Balaban J connectivity index is 2.15. The summed E-state index contributed by atoms with van der Waals surface area (Å²) in [6.45, 7) is 1.86. The van der Waals surface area contributed by atoms with Crippen molar-refractivity contribution in [3.05, 3.63) is 24.0 Å². The first-order valence-corrected chi connectivity index (χ1v) is 6.08. The van der Waals surface area contributed by atoms with Gasteiger partial charge in [-0.1, -0.05) is 0 Å². The van der Waals surface area contributed by atoms with Gasteiger partial charge >= 0.3 is 0 Å². The third-order valence-electron chi connectivity index (χ3n) is 3.01. The molecule has 1 saturated heterocycles. The highest BCUT2D eigenvalue weighted by Gasteiger charge is 2.18. The van der Waals surface area contributed by atoms with Crippen LogP contribution in [0, 0.1) is 5.82 Å². The van der Waals surface area contributed by atoms with Crippen molar-refractivity contribution in [1.82, 2.24) is 5.06 Å². The molecule has 0 aliphatic carbocycles. The zero-order valence-electron chi connectivity index (χ0n) is 10.5. The number of nitrogens with zero attached hydrogens (tertiary/aromatic N) is 2. The molecule has 2 rings (SSSR count). The highest BCUT2D eigenvalue weighted by Crippen LogP contribution is 2.24. The van der Waals surface area contributed by atoms with Gasteiger partial charge < -0.3 is 21.2 Å². The third kappa shape index (κ3) is 3.40. The maximum absolute atomic E-state index is 13.8. The predicted octanol–water partition coefficient (Wildman–Crippen LogP) is 0.234. The maximum Gasteiger partial charge on any atom is 0.238 e. The van der Waals surface area contributed by atoms with Gasteiger partial charge in [-0.3, -0.25) is 4.79 Å². The van der Waals surface area contributed by atoms with Gasteiger partial charge in [-0.25, -0.2) is 4.39 Å². The lowest BCUT2D eigenvalue weighted by Crippen LogP contribution is -2.45. The number of halogens is 1. The molecule has 0 atom stereocenters. The quantitative estimate of drug-likeness (QED) is 0.731. The fourth-order valence-corrected chi connectivity index (χ4v) is 1.98. The first-order valence-electron chi connectivity index (χ1n) is 6.08. The van der Waals surface area contributed by atoms with Crippen LogP contribution >= 0.6 is 0 Å². The molecule has 0 spiro atoms. The van der Waals surface area contributed by atoms with E-state index in [1.54, 1.807) is 6.07 Å². The molecular weight excluding hydrogens is 251 g/mol. The number of hydrogen-bond acceptors (Lipinski definition) is 5. The van der Waals surface area contributed by atoms with Crippen molar-refractivity contribution in [2.24, 2.45) is 5.73 Å². The highest BCUT2D eigenvalue weighted by molar-refractivity contribution is 5.92. The summed E-state index contributed by atoms with van der Waals surface area (Å²) in [6, 6.07) is 4.39. The number of amides is 1. The predicted molar refractivity (Wildman–Crippen MR) is 69.7 cm³/mol. The Kier molecular flexibility index (Phi) is 4.31. The number of benzene rings is 1. The topological polar surface area (TPSA) is 81.8 Å². The second-order valence-electron chi connectivity index (χ2n) is 4.36. The molecule has 0 bridgehead atoms. The zero-order valence-corrected chi connectivity index (χ0v) is 10.5. The molecule has 104 valence electrons. The van der Waals surface area contributed by atoms with Crippen molar-refractivity contribution < 1.29 is 14.4 Å². The Morgan fingerprint density at radius 2 is 2.05 bits per heavy atom. The lowest BCUT2D eigenvalue weighted by Gasteiger charge is -2.33. The standard InChI is InChI=1S/C12H17FN4O2/c13-10-2-1-9(15-12(18)8-14)7-11(10)16-3-5-17(19)6-4-16/h1-2,7,19H,3-6,8,14H2,(H,15,18). The first kappa shape index (κ1) is 13.7. The summed E-state index contributed by atoms with van der Waals surface area (Å²) < 4.78 is 13.8. The van der Waals surface area contributed by atoms with E-state index in [0.717, 1.165) is 0 Å². The Morgan fingerprint density at radius 3 is 2.68 bits per heavy atom. The third-order valence-corrected chi connectivity index (χ3v) is 3.01. The van der Waals surface area contributed by atoms with E-state index in [2.05, 4.69) is 5.32 Å². The Labute approximate surface area is 110 Å². The molecule has 1 amide bonds. The average Bonchev–Trinajstić information content (AvgIpc) is 2.42. The molecule has 19 heavy (non-hydrogen) atoms. The lowest BCUT2D eigenvalue weighted by molar-refractivity contribution is -0.114. The van der Waals surface area contributed by atoms with Crippen molar-refractivity contribution in [3.63, 3.8) is 0 Å². The fraction of sp³-hybridized carbons (Fsp3) is 0.417. The SMILES string of the molecule is NCC(=O)Nc1ccc(F)c(N2CCN(O)CC2)c1. The maximum atomic E-state index is 13.8. The molecule has 1 fully saturated rings. The van der Waals surface area contributed by atoms with Crippen LogP contribution in [-0.2, 0) is 4.79 Å². The zero-order chi connectivity index (χ0) is 13.8. The number of piperazine rings is 1. The van der Waals surface area contributed by atoms with Crippen LogP contribution in [0.2, 0.25) is 0 Å². The largest absolute Gasteiger partial charge is 0.366 e. The van der Waals surface area contributed by atoms with Crippen LogP contribution < -0.4 is 16.0 Å². The van der Waals surface area contributed by atoms with Crippen molar-refractivity contribution >= 4 is 17.3 Å². The molecule has 1 aliphatic heterocycles. The molecule has 7 heteroatoms. The summed E-state index contributed by atoms with van der Waals surface area (Å²) in [5, 5.41) is 13.1. The number of rotatable bonds is 3. The van der Waals surface area contributed by atoms with Crippen LogP contribution in [0.25, 0.3) is 0 Å². The summed E-state index contributed by atoms with van der Waals surface area (Å²) >= 11 is 0. The van der Waals surface area contributed by atoms with Crippen molar-refractivity contribution in [1.29, 1.82) is 0 Å². The van der Waals surface area contributed by atoms with E-state index in [-0.39, 0.29) is 18.3 Å². The summed E-state index contributed by atoms with van der Waals surface area (Å²) in [7, 11) is 0. The van der Waals surface area contributed by atoms with Gasteiger partial charge in [-0.2, -0.15) is 5.06 Å². The van der Waals surface area contributed by atoms with Crippen LogP contribution in [0.15, 0.2) is 18.2 Å². The number of carbonyl (C=O) groups is 1. The number of anilines is 2. The molecule has 1 aromatic carbocycles. The molecule has 1 aromatic rings. The van der Waals surface area contributed by atoms with Crippen LogP contribution in [0.1, 0.15) is 0 Å². The van der Waals surface area contributed by atoms with Gasteiger partial charge in [-0.05, 0) is 18.2 Å². The summed E-state index contributed by atoms with van der Waals surface area (Å²) in [5.74, 6) is -0.671. The van der Waals surface area contributed by atoms with E-state index in [1.165, 1.54) is 17.2 Å². The van der Waals surface area contributed by atoms with Gasteiger partial charge in [0.1, 0.15) is 5.82 Å². The lowest BCUT2D eigenvalue weighted by atomic mass is 10.2. The molecule has 0 radical (unpaired) electrons. The minimum atomic E-state index is -0.350. The Bertz CT molecular complexity index is 461. The average molecular weight is 268 g/mol. The van der Waals surface area contributed by atoms with Crippen LogP contribution in [0.5, 0.6) is 0 Å². The molecule has 0 aromatic heterocycles. The monoisotopic (exact) mass is 268 g/mol. The van der Waals surface area contributed by atoms with Crippen molar-refractivity contribution in [2.45, 2.75) is 0 Å². The Hall–Kier alpha value is -1.70. The molecule has 0 saturated carbocycles. The van der Waals surface area contributed by atoms with E-state index in [1.807, 2.05) is 4.90 Å². The second kappa shape index (κ2) is 5.96. The molecule has 1 aliphatic rings. The van der Waals surface area contributed by atoms with Crippen molar-refractivity contribution in [2.75, 3.05) is 42.9 Å².